The van der Waals surface area contributed by atoms with Gasteiger partial charge in [0.25, 0.3) is 5.91 Å². The first-order valence-corrected chi connectivity index (χ1v) is 6.94. The number of ether oxygens (including phenoxy) is 2. The first-order chi connectivity index (χ1) is 9.72. The Morgan fingerprint density at radius 3 is 2.75 bits per heavy atom. The van der Waals surface area contributed by atoms with Gasteiger partial charge in [-0.1, -0.05) is 12.1 Å². The van der Waals surface area contributed by atoms with E-state index in [-0.39, 0.29) is 18.6 Å². The molecule has 1 fully saturated rings. The van der Waals surface area contributed by atoms with Gasteiger partial charge in [0, 0.05) is 7.05 Å². The van der Waals surface area contributed by atoms with E-state index in [1.54, 1.807) is 19.1 Å². The normalized spacial score (nSPS) is 15.9. The standard InChI is InChI=1S/C15H22N2O3/c1-17(13-5-3-4-6-14(13)19-2)15(18)11-20-12-7-9-16-10-8-12/h3-6,12,16H,7-11H2,1-2H3. The monoisotopic (exact) mass is 278 g/mol. The summed E-state index contributed by atoms with van der Waals surface area (Å²) in [4.78, 5) is 13.8. The summed E-state index contributed by atoms with van der Waals surface area (Å²) in [6.45, 7) is 2.03. The minimum absolute atomic E-state index is 0.0620. The summed E-state index contributed by atoms with van der Waals surface area (Å²) >= 11 is 0. The Morgan fingerprint density at radius 2 is 2.05 bits per heavy atom. The minimum Gasteiger partial charge on any atom is -0.495 e. The highest BCUT2D eigenvalue weighted by Crippen LogP contribution is 2.26. The van der Waals surface area contributed by atoms with Crippen LogP contribution in [0.25, 0.3) is 0 Å². The van der Waals surface area contributed by atoms with Crippen LogP contribution in [0.3, 0.4) is 0 Å². The van der Waals surface area contributed by atoms with E-state index in [1.807, 2.05) is 24.3 Å². The van der Waals surface area contributed by atoms with Gasteiger partial charge in [-0.05, 0) is 38.1 Å². The zero-order valence-electron chi connectivity index (χ0n) is 12.1. The summed E-state index contributed by atoms with van der Waals surface area (Å²) in [5.74, 6) is 0.623. The molecule has 110 valence electrons. The smallest absolute Gasteiger partial charge is 0.252 e. The number of likely N-dealkylation sites (N-methyl/N-ethyl adjacent to an activating group) is 1. The number of carbonyl (C=O) groups is 1. The lowest BCUT2D eigenvalue weighted by Crippen LogP contribution is -2.36. The molecule has 1 saturated heterocycles. The molecule has 0 atom stereocenters. The number of hydrogen-bond acceptors (Lipinski definition) is 4. The number of methoxy groups -OCH3 is 1. The van der Waals surface area contributed by atoms with E-state index in [9.17, 15) is 4.79 Å². The van der Waals surface area contributed by atoms with Crippen molar-refractivity contribution in [3.63, 3.8) is 0 Å². The minimum atomic E-state index is -0.0620. The first kappa shape index (κ1) is 14.8. The van der Waals surface area contributed by atoms with E-state index < -0.39 is 0 Å². The van der Waals surface area contributed by atoms with E-state index in [4.69, 9.17) is 9.47 Å². The van der Waals surface area contributed by atoms with E-state index in [0.717, 1.165) is 31.6 Å². The summed E-state index contributed by atoms with van der Waals surface area (Å²) in [6.07, 6.45) is 2.11. The molecule has 5 nitrogen and oxygen atoms in total. The average molecular weight is 278 g/mol. The van der Waals surface area contributed by atoms with Gasteiger partial charge >= 0.3 is 0 Å². The molecule has 1 aromatic carbocycles. The molecule has 2 rings (SSSR count). The van der Waals surface area contributed by atoms with Gasteiger partial charge in [0.15, 0.2) is 0 Å². The number of benzene rings is 1. The van der Waals surface area contributed by atoms with Crippen LogP contribution in [0.5, 0.6) is 5.75 Å². The molecular formula is C15H22N2O3. The molecule has 1 amide bonds. The van der Waals surface area contributed by atoms with Gasteiger partial charge in [-0.2, -0.15) is 0 Å². The van der Waals surface area contributed by atoms with Crippen molar-refractivity contribution < 1.29 is 14.3 Å². The van der Waals surface area contributed by atoms with Crippen LogP contribution in [-0.4, -0.2) is 45.9 Å². The van der Waals surface area contributed by atoms with E-state index in [1.165, 1.54) is 0 Å². The van der Waals surface area contributed by atoms with Gasteiger partial charge in [0.2, 0.25) is 0 Å². The molecule has 0 bridgehead atoms. The highest BCUT2D eigenvalue weighted by atomic mass is 16.5. The quantitative estimate of drug-likeness (QED) is 0.885. The molecule has 1 heterocycles. The summed E-state index contributed by atoms with van der Waals surface area (Å²) in [7, 11) is 3.34. The van der Waals surface area contributed by atoms with Gasteiger partial charge in [0.1, 0.15) is 12.4 Å². The Bertz CT molecular complexity index is 444. The van der Waals surface area contributed by atoms with Crippen molar-refractivity contribution in [2.45, 2.75) is 18.9 Å². The van der Waals surface area contributed by atoms with Crippen LogP contribution < -0.4 is 15.0 Å². The van der Waals surface area contributed by atoms with Crippen LogP contribution in [0.1, 0.15) is 12.8 Å². The molecule has 20 heavy (non-hydrogen) atoms. The van der Waals surface area contributed by atoms with E-state index >= 15 is 0 Å². The molecule has 0 spiro atoms. The second-order valence-electron chi connectivity index (χ2n) is 4.88. The van der Waals surface area contributed by atoms with E-state index in [2.05, 4.69) is 5.32 Å². The van der Waals surface area contributed by atoms with Gasteiger partial charge in [-0.25, -0.2) is 0 Å². The van der Waals surface area contributed by atoms with Crippen molar-refractivity contribution in [2.24, 2.45) is 0 Å². The molecular weight excluding hydrogens is 256 g/mol. The number of amides is 1. The third kappa shape index (κ3) is 3.71. The Labute approximate surface area is 119 Å². The molecule has 1 aromatic rings. The Morgan fingerprint density at radius 1 is 1.35 bits per heavy atom. The van der Waals surface area contributed by atoms with Crippen LogP contribution in [-0.2, 0) is 9.53 Å². The molecule has 0 saturated carbocycles. The molecule has 0 unspecified atom stereocenters. The molecule has 1 N–H and O–H groups in total. The fourth-order valence-corrected chi connectivity index (χ4v) is 2.29. The van der Waals surface area contributed by atoms with Crippen molar-refractivity contribution in [2.75, 3.05) is 38.8 Å². The topological polar surface area (TPSA) is 50.8 Å². The van der Waals surface area contributed by atoms with Crippen molar-refractivity contribution in [3.05, 3.63) is 24.3 Å². The van der Waals surface area contributed by atoms with Gasteiger partial charge in [-0.15, -0.1) is 0 Å². The first-order valence-electron chi connectivity index (χ1n) is 6.94. The van der Waals surface area contributed by atoms with Crippen LogP contribution in [0, 0.1) is 0 Å². The fourth-order valence-electron chi connectivity index (χ4n) is 2.29. The zero-order valence-corrected chi connectivity index (χ0v) is 12.1. The number of rotatable bonds is 5. The Hall–Kier alpha value is -1.59. The van der Waals surface area contributed by atoms with Crippen LogP contribution in [0.4, 0.5) is 5.69 Å². The Kier molecular flexibility index (Phi) is 5.38. The lowest BCUT2D eigenvalue weighted by atomic mass is 10.1. The number of piperidine rings is 1. The maximum atomic E-state index is 12.2. The number of hydrogen-bond donors (Lipinski definition) is 1. The second-order valence-corrected chi connectivity index (χ2v) is 4.88. The van der Waals surface area contributed by atoms with Gasteiger partial charge in [0.05, 0.1) is 18.9 Å². The summed E-state index contributed by atoms with van der Waals surface area (Å²) < 4.78 is 11.0. The third-order valence-corrected chi connectivity index (χ3v) is 3.55. The number of anilines is 1. The average Bonchev–Trinajstić information content (AvgIpc) is 2.52. The number of nitrogens with one attached hydrogen (secondary N) is 1. The fraction of sp³-hybridized carbons (Fsp3) is 0.533. The highest BCUT2D eigenvalue weighted by molar-refractivity contribution is 5.95. The SMILES string of the molecule is COc1ccccc1N(C)C(=O)COC1CCNCC1. The summed E-state index contributed by atoms with van der Waals surface area (Å²) in [5, 5.41) is 3.27. The highest BCUT2D eigenvalue weighted by Gasteiger charge is 2.18. The van der Waals surface area contributed by atoms with Crippen molar-refractivity contribution in [3.8, 4) is 5.75 Å². The summed E-state index contributed by atoms with van der Waals surface area (Å²) in [6, 6.07) is 7.47. The lowest BCUT2D eigenvalue weighted by molar-refractivity contribution is -0.125. The molecule has 0 aromatic heterocycles. The zero-order chi connectivity index (χ0) is 14.4. The predicted molar refractivity (Wildman–Crippen MR) is 78.2 cm³/mol. The van der Waals surface area contributed by atoms with Crippen LogP contribution in [0.15, 0.2) is 24.3 Å². The van der Waals surface area contributed by atoms with Crippen LogP contribution in [0.2, 0.25) is 0 Å². The van der Waals surface area contributed by atoms with Gasteiger partial charge < -0.3 is 19.7 Å². The maximum absolute atomic E-state index is 12.2. The summed E-state index contributed by atoms with van der Waals surface area (Å²) in [5.41, 5.74) is 0.758. The Balaban J connectivity index is 1.90. The molecule has 0 radical (unpaired) electrons. The van der Waals surface area contributed by atoms with Crippen molar-refractivity contribution >= 4 is 11.6 Å². The number of nitrogens with zero attached hydrogens (tertiary/aromatic N) is 1. The largest absolute Gasteiger partial charge is 0.495 e. The molecule has 1 aliphatic rings. The van der Waals surface area contributed by atoms with Crippen molar-refractivity contribution in [1.29, 1.82) is 0 Å². The molecule has 1 aliphatic heterocycles. The lowest BCUT2D eigenvalue weighted by Gasteiger charge is -2.24. The predicted octanol–water partition coefficient (Wildman–Crippen LogP) is 1.43. The van der Waals surface area contributed by atoms with E-state index in [0.29, 0.717) is 5.75 Å². The van der Waals surface area contributed by atoms with Gasteiger partial charge in [-0.3, -0.25) is 4.79 Å². The number of para-hydroxylation sites is 2. The number of carbonyl (C=O) groups excluding carboxylic acids is 1. The second kappa shape index (κ2) is 7.26. The van der Waals surface area contributed by atoms with Crippen molar-refractivity contribution in [1.82, 2.24) is 5.32 Å². The molecule has 5 heteroatoms. The third-order valence-electron chi connectivity index (χ3n) is 3.55. The maximum Gasteiger partial charge on any atom is 0.252 e. The molecule has 0 aliphatic carbocycles. The van der Waals surface area contributed by atoms with Crippen LogP contribution >= 0.6 is 0 Å².